The fourth-order valence-electron chi connectivity index (χ4n) is 4.26. The van der Waals surface area contributed by atoms with Crippen molar-refractivity contribution in [2.24, 2.45) is 0 Å². The van der Waals surface area contributed by atoms with Crippen molar-refractivity contribution in [2.45, 2.75) is 19.4 Å². The highest BCUT2D eigenvalue weighted by Gasteiger charge is 2.33. The van der Waals surface area contributed by atoms with Crippen LogP contribution in [0.4, 0.5) is 11.4 Å². The summed E-state index contributed by atoms with van der Waals surface area (Å²) in [6, 6.07) is 12.5. The molecule has 28 heavy (non-hydrogen) atoms. The van der Waals surface area contributed by atoms with Gasteiger partial charge in [0.05, 0.1) is 17.1 Å². The van der Waals surface area contributed by atoms with Crippen molar-refractivity contribution in [3.05, 3.63) is 56.9 Å². The molecule has 7 heteroatoms. The molecule has 144 valence electrons. The molecule has 1 aromatic heterocycles. The fourth-order valence-corrected chi connectivity index (χ4v) is 4.61. The number of nitrogens with zero attached hydrogens (tertiary/aromatic N) is 5. The quantitative estimate of drug-likeness (QED) is 0.624. The molecule has 0 unspecified atom stereocenters. The van der Waals surface area contributed by atoms with E-state index < -0.39 is 0 Å². The number of fused-ring (bicyclic) bond motifs is 5. The maximum Gasteiger partial charge on any atom is 0.350 e. The van der Waals surface area contributed by atoms with Crippen LogP contribution in [0.2, 0.25) is 0 Å². The normalized spacial score (nSPS) is 14.1. The van der Waals surface area contributed by atoms with Gasteiger partial charge in [0, 0.05) is 23.1 Å². The van der Waals surface area contributed by atoms with E-state index in [0.717, 1.165) is 53.2 Å². The Morgan fingerprint density at radius 2 is 2.04 bits per heavy atom. The first-order chi connectivity index (χ1) is 13.5. The topological polar surface area (TPSA) is 46.3 Å². The van der Waals surface area contributed by atoms with E-state index in [1.165, 1.54) is 11.3 Å². The van der Waals surface area contributed by atoms with Gasteiger partial charge < -0.3 is 9.80 Å². The molecule has 0 fully saturated rings. The molecule has 0 N–H and O–H groups in total. The van der Waals surface area contributed by atoms with Crippen LogP contribution in [0, 0.1) is 0 Å². The van der Waals surface area contributed by atoms with Crippen LogP contribution in [0.3, 0.4) is 0 Å². The van der Waals surface area contributed by atoms with E-state index in [9.17, 15) is 4.79 Å². The molecule has 2 aromatic carbocycles. The number of benzene rings is 2. The van der Waals surface area contributed by atoms with E-state index in [0.29, 0.717) is 6.54 Å². The van der Waals surface area contributed by atoms with Crippen molar-refractivity contribution in [3.8, 4) is 17.1 Å². The summed E-state index contributed by atoms with van der Waals surface area (Å²) in [6.07, 6.45) is 1.89. The highest BCUT2D eigenvalue weighted by Crippen LogP contribution is 2.46. The van der Waals surface area contributed by atoms with Crippen molar-refractivity contribution in [1.29, 1.82) is 0 Å². The second-order valence-electron chi connectivity index (χ2n) is 7.67. The lowest BCUT2D eigenvalue weighted by Crippen LogP contribution is -2.26. The number of hydrogen-bond acceptors (Lipinski definition) is 4. The van der Waals surface area contributed by atoms with Gasteiger partial charge in [0.2, 0.25) is 0 Å². The van der Waals surface area contributed by atoms with Gasteiger partial charge in [-0.3, -0.25) is 0 Å². The van der Waals surface area contributed by atoms with Crippen molar-refractivity contribution in [1.82, 2.24) is 19.2 Å². The molecule has 2 aliphatic heterocycles. The molecule has 0 spiro atoms. The number of aryl methyl sites for hydroxylation is 1. The van der Waals surface area contributed by atoms with Crippen LogP contribution in [-0.4, -0.2) is 46.4 Å². The fraction of sp³-hybridized carbons (Fsp3) is 0.333. The smallest absolute Gasteiger partial charge is 0.339 e. The first kappa shape index (κ1) is 17.7. The van der Waals surface area contributed by atoms with E-state index in [2.05, 4.69) is 50.0 Å². The number of anilines is 2. The zero-order chi connectivity index (χ0) is 19.4. The van der Waals surface area contributed by atoms with Crippen LogP contribution in [0.1, 0.15) is 12.0 Å². The summed E-state index contributed by atoms with van der Waals surface area (Å²) in [7, 11) is 4.08. The van der Waals surface area contributed by atoms with Gasteiger partial charge >= 0.3 is 5.69 Å². The second-order valence-corrected chi connectivity index (χ2v) is 8.59. The molecule has 3 heterocycles. The summed E-state index contributed by atoms with van der Waals surface area (Å²) >= 11 is 3.58. The van der Waals surface area contributed by atoms with E-state index in [4.69, 9.17) is 5.10 Å². The van der Waals surface area contributed by atoms with Crippen LogP contribution in [0.25, 0.3) is 17.1 Å². The standard InChI is InChI=1S/C21H22BrN5O/c1-24(2)10-4-11-26-21(28)27-18-13-15(22)7-8-17(18)25-12-9-14-5-3-6-16(19(14)25)20(27)23-26/h3,5-8,13H,4,9-12H2,1-2H3. The van der Waals surface area contributed by atoms with Gasteiger partial charge in [0.1, 0.15) is 0 Å². The van der Waals surface area contributed by atoms with Crippen LogP contribution in [-0.2, 0) is 13.0 Å². The Morgan fingerprint density at radius 1 is 1.18 bits per heavy atom. The zero-order valence-corrected chi connectivity index (χ0v) is 17.6. The first-order valence-electron chi connectivity index (χ1n) is 9.59. The number of aromatic nitrogens is 3. The summed E-state index contributed by atoms with van der Waals surface area (Å²) in [5, 5.41) is 4.79. The average Bonchev–Trinajstić information content (AvgIpc) is 3.20. The summed E-state index contributed by atoms with van der Waals surface area (Å²) in [4.78, 5) is 17.8. The van der Waals surface area contributed by atoms with Gasteiger partial charge in [0.15, 0.2) is 5.82 Å². The molecular formula is C21H22BrN5O. The van der Waals surface area contributed by atoms with E-state index in [1.54, 1.807) is 9.25 Å². The van der Waals surface area contributed by atoms with Gasteiger partial charge in [-0.2, -0.15) is 0 Å². The molecule has 0 saturated heterocycles. The van der Waals surface area contributed by atoms with Gasteiger partial charge in [0.25, 0.3) is 0 Å². The van der Waals surface area contributed by atoms with Crippen molar-refractivity contribution < 1.29 is 0 Å². The largest absolute Gasteiger partial charge is 0.350 e. The van der Waals surface area contributed by atoms with E-state index in [-0.39, 0.29) is 5.69 Å². The minimum Gasteiger partial charge on any atom is -0.339 e. The van der Waals surface area contributed by atoms with Crippen molar-refractivity contribution in [2.75, 3.05) is 32.1 Å². The molecule has 5 rings (SSSR count). The monoisotopic (exact) mass is 439 g/mol. The van der Waals surface area contributed by atoms with Crippen LogP contribution < -0.4 is 10.6 Å². The third-order valence-electron chi connectivity index (χ3n) is 5.52. The summed E-state index contributed by atoms with van der Waals surface area (Å²) < 4.78 is 4.35. The molecule has 0 aliphatic carbocycles. The number of hydrogen-bond donors (Lipinski definition) is 0. The summed E-state index contributed by atoms with van der Waals surface area (Å²) in [6.45, 7) is 2.45. The molecule has 0 saturated carbocycles. The van der Waals surface area contributed by atoms with E-state index >= 15 is 0 Å². The van der Waals surface area contributed by atoms with Crippen LogP contribution in [0.15, 0.2) is 45.7 Å². The molecule has 6 nitrogen and oxygen atoms in total. The Labute approximate surface area is 172 Å². The minimum atomic E-state index is -0.0770. The molecule has 3 aromatic rings. The Bertz CT molecular complexity index is 1130. The Hall–Kier alpha value is -2.38. The van der Waals surface area contributed by atoms with Gasteiger partial charge in [-0.25, -0.2) is 14.0 Å². The lowest BCUT2D eigenvalue weighted by molar-refractivity contribution is 0.378. The van der Waals surface area contributed by atoms with E-state index in [1.807, 2.05) is 26.2 Å². The van der Waals surface area contributed by atoms with Crippen LogP contribution >= 0.6 is 15.9 Å². The molecule has 0 atom stereocenters. The molecular weight excluding hydrogens is 418 g/mol. The Kier molecular flexibility index (Phi) is 4.17. The third-order valence-corrected chi connectivity index (χ3v) is 6.01. The SMILES string of the molecule is CN(C)CCCn1nc2n(c1=O)-c1cc(Br)ccc1N1CCc3cccc-2c31. The van der Waals surface area contributed by atoms with Crippen LogP contribution in [0.5, 0.6) is 0 Å². The average molecular weight is 440 g/mol. The number of rotatable bonds is 4. The molecule has 0 bridgehead atoms. The summed E-state index contributed by atoms with van der Waals surface area (Å²) in [5.74, 6) is 0.732. The highest BCUT2D eigenvalue weighted by atomic mass is 79.9. The Morgan fingerprint density at radius 3 is 2.86 bits per heavy atom. The van der Waals surface area contributed by atoms with Gasteiger partial charge in [-0.15, -0.1) is 5.10 Å². The molecule has 0 amide bonds. The molecule has 0 radical (unpaired) electrons. The van der Waals surface area contributed by atoms with Gasteiger partial charge in [-0.05, 0) is 63.3 Å². The molecule has 2 aliphatic rings. The lowest BCUT2D eigenvalue weighted by Gasteiger charge is -2.21. The number of halogens is 1. The maximum atomic E-state index is 13.4. The first-order valence-corrected chi connectivity index (χ1v) is 10.4. The predicted molar refractivity (Wildman–Crippen MR) is 115 cm³/mol. The lowest BCUT2D eigenvalue weighted by atomic mass is 10.1. The zero-order valence-electron chi connectivity index (χ0n) is 16.0. The maximum absolute atomic E-state index is 13.4. The summed E-state index contributed by atoms with van der Waals surface area (Å²) in [5.41, 5.74) is 5.41. The van der Waals surface area contributed by atoms with Crippen molar-refractivity contribution >= 4 is 27.3 Å². The Balaban J connectivity index is 1.75. The van der Waals surface area contributed by atoms with Crippen molar-refractivity contribution in [3.63, 3.8) is 0 Å². The van der Waals surface area contributed by atoms with Gasteiger partial charge in [-0.1, -0.05) is 28.1 Å². The highest BCUT2D eigenvalue weighted by molar-refractivity contribution is 9.10. The predicted octanol–water partition coefficient (Wildman–Crippen LogP) is 3.42. The third kappa shape index (κ3) is 2.64. The minimum absolute atomic E-state index is 0.0770. The number of para-hydroxylation sites is 1. The second kappa shape index (κ2) is 6.60.